The van der Waals surface area contributed by atoms with Crippen LogP contribution in [0.25, 0.3) is 27.9 Å². The quantitative estimate of drug-likeness (QED) is 0.528. The lowest BCUT2D eigenvalue weighted by Gasteiger charge is -2.15. The van der Waals surface area contributed by atoms with Gasteiger partial charge in [-0.1, -0.05) is 24.3 Å². The summed E-state index contributed by atoms with van der Waals surface area (Å²) in [6, 6.07) is 15.8. The third-order valence-corrected chi connectivity index (χ3v) is 4.01. The van der Waals surface area contributed by atoms with Crippen LogP contribution in [0.4, 0.5) is 5.69 Å². The van der Waals surface area contributed by atoms with E-state index in [1.165, 1.54) is 0 Å². The van der Waals surface area contributed by atoms with Crippen molar-refractivity contribution in [1.29, 1.82) is 0 Å². The van der Waals surface area contributed by atoms with E-state index in [-0.39, 0.29) is 0 Å². The Balaban J connectivity index is 2.04. The lowest BCUT2D eigenvalue weighted by molar-refractivity contribution is 0.938. The second-order valence-electron chi connectivity index (χ2n) is 5.48. The molecule has 0 saturated heterocycles. The average molecular weight is 324 g/mol. The van der Waals surface area contributed by atoms with Gasteiger partial charge in [0.2, 0.25) is 5.28 Å². The maximum atomic E-state index is 6.28. The van der Waals surface area contributed by atoms with Crippen LogP contribution in [0.1, 0.15) is 0 Å². The standard InChI is InChI=1S/C17H14ClN5/c1-22(2)14-10-6-4-8-12(14)15-20-16-11-7-3-5-9-13(11)19-17(18)23(16)21-15/h3-10H,1-2H3. The van der Waals surface area contributed by atoms with E-state index in [0.717, 1.165) is 22.2 Å². The number of hydrogen-bond acceptors (Lipinski definition) is 4. The highest BCUT2D eigenvalue weighted by Gasteiger charge is 2.15. The molecule has 0 aliphatic rings. The second kappa shape index (κ2) is 5.21. The van der Waals surface area contributed by atoms with Gasteiger partial charge in [0.15, 0.2) is 11.5 Å². The molecule has 0 N–H and O–H groups in total. The van der Waals surface area contributed by atoms with E-state index in [2.05, 4.69) is 10.1 Å². The number of hydrogen-bond donors (Lipinski definition) is 0. The van der Waals surface area contributed by atoms with Gasteiger partial charge in [0.05, 0.1) is 5.52 Å². The van der Waals surface area contributed by atoms with E-state index < -0.39 is 0 Å². The first-order valence-electron chi connectivity index (χ1n) is 7.23. The number of halogens is 1. The van der Waals surface area contributed by atoms with Gasteiger partial charge in [0.25, 0.3) is 0 Å². The number of para-hydroxylation sites is 2. The molecule has 0 radical (unpaired) electrons. The van der Waals surface area contributed by atoms with Crippen molar-refractivity contribution in [2.24, 2.45) is 0 Å². The average Bonchev–Trinajstić information content (AvgIpc) is 3.01. The van der Waals surface area contributed by atoms with Crippen LogP contribution in [0, 0.1) is 0 Å². The van der Waals surface area contributed by atoms with Crippen molar-refractivity contribution in [2.45, 2.75) is 0 Å². The molecule has 0 fully saturated rings. The summed E-state index contributed by atoms with van der Waals surface area (Å²) in [5.74, 6) is 0.634. The fourth-order valence-corrected chi connectivity index (χ4v) is 2.90. The Bertz CT molecular complexity index is 1020. The van der Waals surface area contributed by atoms with Crippen molar-refractivity contribution in [3.63, 3.8) is 0 Å². The smallest absolute Gasteiger partial charge is 0.226 e. The SMILES string of the molecule is CN(C)c1ccccc1-c1nc2c3ccccc3nc(Cl)n2n1. The normalized spacial score (nSPS) is 11.3. The summed E-state index contributed by atoms with van der Waals surface area (Å²) in [5, 5.41) is 5.79. The molecule has 0 bridgehead atoms. The van der Waals surface area contributed by atoms with Crippen molar-refractivity contribution in [3.05, 3.63) is 53.8 Å². The molecular weight excluding hydrogens is 310 g/mol. The Hall–Kier alpha value is -2.66. The lowest BCUT2D eigenvalue weighted by Crippen LogP contribution is -2.10. The third-order valence-electron chi connectivity index (χ3n) is 3.77. The van der Waals surface area contributed by atoms with E-state index in [9.17, 15) is 0 Å². The maximum Gasteiger partial charge on any atom is 0.226 e. The van der Waals surface area contributed by atoms with E-state index in [4.69, 9.17) is 16.6 Å². The van der Waals surface area contributed by atoms with Gasteiger partial charge in [-0.25, -0.2) is 9.97 Å². The Labute approximate surface area is 138 Å². The fraction of sp³-hybridized carbons (Fsp3) is 0.118. The van der Waals surface area contributed by atoms with Gasteiger partial charge < -0.3 is 4.90 Å². The van der Waals surface area contributed by atoms with Crippen molar-refractivity contribution in [1.82, 2.24) is 19.6 Å². The number of fused-ring (bicyclic) bond motifs is 3. The predicted molar refractivity (Wildman–Crippen MR) is 93.1 cm³/mol. The van der Waals surface area contributed by atoms with Gasteiger partial charge in [-0.3, -0.25) is 0 Å². The summed E-state index contributed by atoms with van der Waals surface area (Å²) in [6.07, 6.45) is 0. The minimum Gasteiger partial charge on any atom is -0.377 e. The van der Waals surface area contributed by atoms with Gasteiger partial charge in [-0.05, 0) is 35.9 Å². The molecule has 2 heterocycles. The van der Waals surface area contributed by atoms with Gasteiger partial charge in [-0.15, -0.1) is 5.10 Å². The number of rotatable bonds is 2. The summed E-state index contributed by atoms with van der Waals surface area (Å²) in [5.41, 5.74) is 3.53. The monoisotopic (exact) mass is 323 g/mol. The highest BCUT2D eigenvalue weighted by Crippen LogP contribution is 2.29. The molecule has 0 unspecified atom stereocenters. The van der Waals surface area contributed by atoms with Crippen LogP contribution in [-0.2, 0) is 0 Å². The Morgan fingerprint density at radius 3 is 2.52 bits per heavy atom. The first kappa shape index (κ1) is 14.0. The highest BCUT2D eigenvalue weighted by molar-refractivity contribution is 6.29. The Morgan fingerprint density at radius 2 is 1.70 bits per heavy atom. The summed E-state index contributed by atoms with van der Waals surface area (Å²) in [7, 11) is 4.00. The zero-order valence-electron chi connectivity index (χ0n) is 12.7. The molecule has 2 aromatic carbocycles. The molecule has 114 valence electrons. The number of benzene rings is 2. The topological polar surface area (TPSA) is 46.3 Å². The maximum absolute atomic E-state index is 6.28. The zero-order valence-corrected chi connectivity index (χ0v) is 13.5. The van der Waals surface area contributed by atoms with Gasteiger partial charge in [-0.2, -0.15) is 4.52 Å². The number of aromatic nitrogens is 4. The molecule has 4 aromatic rings. The zero-order chi connectivity index (χ0) is 16.0. The molecule has 5 nitrogen and oxygen atoms in total. The molecule has 0 spiro atoms. The van der Waals surface area contributed by atoms with E-state index in [0.29, 0.717) is 16.8 Å². The number of nitrogens with zero attached hydrogens (tertiary/aromatic N) is 5. The molecule has 0 aliphatic heterocycles. The van der Waals surface area contributed by atoms with Crippen LogP contribution < -0.4 is 4.90 Å². The molecule has 0 atom stereocenters. The highest BCUT2D eigenvalue weighted by atomic mass is 35.5. The molecule has 23 heavy (non-hydrogen) atoms. The third kappa shape index (κ3) is 2.21. The first-order chi connectivity index (χ1) is 11.1. The molecule has 0 amide bonds. The van der Waals surface area contributed by atoms with Crippen LogP contribution in [0.15, 0.2) is 48.5 Å². The van der Waals surface area contributed by atoms with Crippen LogP contribution in [0.5, 0.6) is 0 Å². The van der Waals surface area contributed by atoms with E-state index in [1.807, 2.05) is 67.5 Å². The fourth-order valence-electron chi connectivity index (χ4n) is 2.69. The Morgan fingerprint density at radius 1 is 0.957 bits per heavy atom. The number of anilines is 1. The van der Waals surface area contributed by atoms with Gasteiger partial charge in [0.1, 0.15) is 0 Å². The lowest BCUT2D eigenvalue weighted by atomic mass is 10.1. The molecule has 4 rings (SSSR count). The van der Waals surface area contributed by atoms with Crippen molar-refractivity contribution in [3.8, 4) is 11.4 Å². The largest absolute Gasteiger partial charge is 0.377 e. The molecule has 0 aliphatic carbocycles. The predicted octanol–water partition coefficient (Wildman–Crippen LogP) is 3.66. The minimum atomic E-state index is 0.305. The van der Waals surface area contributed by atoms with Crippen LogP contribution in [0.3, 0.4) is 0 Å². The summed E-state index contributed by atoms with van der Waals surface area (Å²) < 4.78 is 1.59. The van der Waals surface area contributed by atoms with Crippen molar-refractivity contribution >= 4 is 33.8 Å². The summed E-state index contributed by atoms with van der Waals surface area (Å²) in [6.45, 7) is 0. The van der Waals surface area contributed by atoms with Crippen LogP contribution in [-0.4, -0.2) is 33.7 Å². The van der Waals surface area contributed by atoms with Crippen LogP contribution >= 0.6 is 11.6 Å². The summed E-state index contributed by atoms with van der Waals surface area (Å²) >= 11 is 6.28. The summed E-state index contributed by atoms with van der Waals surface area (Å²) in [4.78, 5) is 11.1. The molecular formula is C17H14ClN5. The van der Waals surface area contributed by atoms with E-state index in [1.54, 1.807) is 4.52 Å². The van der Waals surface area contributed by atoms with E-state index >= 15 is 0 Å². The van der Waals surface area contributed by atoms with Gasteiger partial charge >= 0.3 is 0 Å². The first-order valence-corrected chi connectivity index (χ1v) is 7.60. The minimum absolute atomic E-state index is 0.305. The van der Waals surface area contributed by atoms with Crippen molar-refractivity contribution in [2.75, 3.05) is 19.0 Å². The van der Waals surface area contributed by atoms with Gasteiger partial charge in [0, 0.05) is 30.7 Å². The molecule has 0 saturated carbocycles. The molecule has 2 aromatic heterocycles. The second-order valence-corrected chi connectivity index (χ2v) is 5.82. The Kier molecular flexibility index (Phi) is 3.16. The van der Waals surface area contributed by atoms with Crippen LogP contribution in [0.2, 0.25) is 5.28 Å². The molecule has 6 heteroatoms. The van der Waals surface area contributed by atoms with Crippen molar-refractivity contribution < 1.29 is 0 Å².